The molecule has 1 saturated heterocycles. The molecule has 0 saturated carbocycles. The molecule has 23 heavy (non-hydrogen) atoms. The number of likely N-dealkylation sites (tertiary alicyclic amines) is 1. The molecule has 2 atom stereocenters. The molecule has 6 nitrogen and oxygen atoms in total. The summed E-state index contributed by atoms with van der Waals surface area (Å²) in [6, 6.07) is -0.147. The first-order valence-electron chi connectivity index (χ1n) is 8.17. The van der Waals surface area contributed by atoms with E-state index < -0.39 is 5.60 Å². The van der Waals surface area contributed by atoms with Crippen molar-refractivity contribution < 1.29 is 9.53 Å². The van der Waals surface area contributed by atoms with Crippen molar-refractivity contribution in [3.8, 4) is 0 Å². The predicted octanol–water partition coefficient (Wildman–Crippen LogP) is 3.31. The Balaban J connectivity index is 2.04. The maximum absolute atomic E-state index is 12.2. The van der Waals surface area contributed by atoms with Crippen LogP contribution in [-0.4, -0.2) is 39.5 Å². The average Bonchev–Trinajstić information content (AvgIpc) is 3.04. The topological polar surface area (TPSA) is 73.4 Å². The van der Waals surface area contributed by atoms with E-state index in [2.05, 4.69) is 28.0 Å². The van der Waals surface area contributed by atoms with Crippen LogP contribution in [0.5, 0.6) is 0 Å². The van der Waals surface area contributed by atoms with Crippen LogP contribution in [0.4, 0.5) is 4.79 Å². The Labute approximate surface area is 146 Å². The monoisotopic (exact) mass is 386 g/mol. The number of nitrogens with zero attached hydrogens (tertiary/aromatic N) is 3. The summed E-state index contributed by atoms with van der Waals surface area (Å²) in [7, 11) is 0. The van der Waals surface area contributed by atoms with Gasteiger partial charge in [0.2, 0.25) is 0 Å². The summed E-state index contributed by atoms with van der Waals surface area (Å²) >= 11 is 3.55. The van der Waals surface area contributed by atoms with Crippen LogP contribution >= 0.6 is 15.9 Å². The molecule has 2 heterocycles. The lowest BCUT2D eigenvalue weighted by molar-refractivity contribution is 0.0286. The molecule has 0 bridgehead atoms. The lowest BCUT2D eigenvalue weighted by Crippen LogP contribution is -2.36. The summed E-state index contributed by atoms with van der Waals surface area (Å²) < 4.78 is 8.35. The standard InChI is InChI=1S/C16H27BrN4O2/c1-5-7-21-14(12(17)9-19-21)13(18)11-6-8-20(10-11)15(22)23-16(2,3)4/h9,11,13H,5-8,10,18H2,1-4H3. The fraction of sp³-hybridized carbons (Fsp3) is 0.750. The number of hydrogen-bond acceptors (Lipinski definition) is 4. The van der Waals surface area contributed by atoms with Gasteiger partial charge in [-0.05, 0) is 55.5 Å². The molecule has 1 aromatic rings. The van der Waals surface area contributed by atoms with Gasteiger partial charge in [0.1, 0.15) is 5.60 Å². The first-order chi connectivity index (χ1) is 10.7. The minimum Gasteiger partial charge on any atom is -0.444 e. The Hall–Kier alpha value is -1.08. The number of aryl methyl sites for hydroxylation is 1. The van der Waals surface area contributed by atoms with Gasteiger partial charge < -0.3 is 15.4 Å². The van der Waals surface area contributed by atoms with Crippen molar-refractivity contribution in [3.05, 3.63) is 16.4 Å². The number of nitrogens with two attached hydrogens (primary N) is 1. The Morgan fingerprint density at radius 3 is 2.87 bits per heavy atom. The smallest absolute Gasteiger partial charge is 0.410 e. The summed E-state index contributed by atoms with van der Waals surface area (Å²) in [5, 5.41) is 4.39. The van der Waals surface area contributed by atoms with Gasteiger partial charge in [0.15, 0.2) is 0 Å². The number of hydrogen-bond donors (Lipinski definition) is 1. The van der Waals surface area contributed by atoms with Crippen molar-refractivity contribution in [1.29, 1.82) is 0 Å². The van der Waals surface area contributed by atoms with E-state index in [4.69, 9.17) is 10.5 Å². The van der Waals surface area contributed by atoms with Crippen molar-refractivity contribution >= 4 is 22.0 Å². The number of aromatic nitrogens is 2. The van der Waals surface area contributed by atoms with Gasteiger partial charge in [-0.2, -0.15) is 5.10 Å². The third-order valence-corrected chi connectivity index (χ3v) is 4.58. The Bertz CT molecular complexity index is 553. The van der Waals surface area contributed by atoms with E-state index >= 15 is 0 Å². The van der Waals surface area contributed by atoms with Gasteiger partial charge in [-0.1, -0.05) is 6.92 Å². The predicted molar refractivity (Wildman–Crippen MR) is 93.1 cm³/mol. The average molecular weight is 387 g/mol. The maximum atomic E-state index is 12.2. The maximum Gasteiger partial charge on any atom is 0.410 e. The van der Waals surface area contributed by atoms with Crippen LogP contribution < -0.4 is 5.73 Å². The van der Waals surface area contributed by atoms with Gasteiger partial charge in [-0.25, -0.2) is 4.79 Å². The molecular weight excluding hydrogens is 360 g/mol. The molecule has 0 radical (unpaired) electrons. The second-order valence-corrected chi connectivity index (χ2v) is 7.96. The van der Waals surface area contributed by atoms with Crippen LogP contribution in [-0.2, 0) is 11.3 Å². The van der Waals surface area contributed by atoms with Gasteiger partial charge in [0, 0.05) is 19.6 Å². The summed E-state index contributed by atoms with van der Waals surface area (Å²) in [5.41, 5.74) is 7.04. The highest BCUT2D eigenvalue weighted by Gasteiger charge is 2.35. The quantitative estimate of drug-likeness (QED) is 0.860. The van der Waals surface area contributed by atoms with E-state index in [1.807, 2.05) is 25.5 Å². The molecule has 1 amide bonds. The molecule has 1 aliphatic rings. The largest absolute Gasteiger partial charge is 0.444 e. The van der Waals surface area contributed by atoms with Crippen molar-refractivity contribution in [2.24, 2.45) is 11.7 Å². The summed E-state index contributed by atoms with van der Waals surface area (Å²) in [6.07, 6.45) is 3.42. The highest BCUT2D eigenvalue weighted by Crippen LogP contribution is 2.32. The van der Waals surface area contributed by atoms with E-state index in [1.165, 1.54) is 0 Å². The van der Waals surface area contributed by atoms with E-state index in [9.17, 15) is 4.79 Å². The first-order valence-corrected chi connectivity index (χ1v) is 8.97. The van der Waals surface area contributed by atoms with Gasteiger partial charge in [-0.3, -0.25) is 4.68 Å². The number of halogens is 1. The molecule has 7 heteroatoms. The van der Waals surface area contributed by atoms with Gasteiger partial charge in [-0.15, -0.1) is 0 Å². The highest BCUT2D eigenvalue weighted by molar-refractivity contribution is 9.10. The molecule has 2 rings (SSSR count). The molecule has 0 aliphatic carbocycles. The van der Waals surface area contributed by atoms with Crippen LogP contribution in [0.25, 0.3) is 0 Å². The molecule has 130 valence electrons. The minimum absolute atomic E-state index is 0.147. The van der Waals surface area contributed by atoms with Gasteiger partial charge in [0.25, 0.3) is 0 Å². The number of carbonyl (C=O) groups excluding carboxylic acids is 1. The van der Waals surface area contributed by atoms with Crippen molar-refractivity contribution in [3.63, 3.8) is 0 Å². The summed E-state index contributed by atoms with van der Waals surface area (Å²) in [6.45, 7) is 9.91. The van der Waals surface area contributed by atoms with E-state index in [0.29, 0.717) is 13.1 Å². The number of amides is 1. The zero-order valence-electron chi connectivity index (χ0n) is 14.4. The van der Waals surface area contributed by atoms with Crippen molar-refractivity contribution in [2.45, 2.75) is 58.7 Å². The number of rotatable bonds is 4. The zero-order chi connectivity index (χ0) is 17.2. The van der Waals surface area contributed by atoms with Crippen LogP contribution in [0.2, 0.25) is 0 Å². The summed E-state index contributed by atoms with van der Waals surface area (Å²) in [4.78, 5) is 13.9. The van der Waals surface area contributed by atoms with Crippen LogP contribution in [0, 0.1) is 5.92 Å². The molecule has 0 spiro atoms. The Morgan fingerprint density at radius 2 is 2.26 bits per heavy atom. The van der Waals surface area contributed by atoms with Crippen molar-refractivity contribution in [2.75, 3.05) is 13.1 Å². The first kappa shape index (κ1) is 18.3. The normalized spacial score (nSPS) is 19.9. The molecule has 1 aromatic heterocycles. The number of carbonyl (C=O) groups is 1. The van der Waals surface area contributed by atoms with Crippen LogP contribution in [0.3, 0.4) is 0 Å². The van der Waals surface area contributed by atoms with Crippen molar-refractivity contribution in [1.82, 2.24) is 14.7 Å². The van der Waals surface area contributed by atoms with Gasteiger partial charge >= 0.3 is 6.09 Å². The molecule has 1 fully saturated rings. The third kappa shape index (κ3) is 4.47. The van der Waals surface area contributed by atoms with E-state index in [0.717, 1.165) is 29.6 Å². The summed E-state index contributed by atoms with van der Waals surface area (Å²) in [5.74, 6) is 0.214. The van der Waals surface area contributed by atoms with Crippen LogP contribution in [0.15, 0.2) is 10.7 Å². The Kier molecular flexibility index (Phi) is 5.73. The minimum atomic E-state index is -0.472. The second kappa shape index (κ2) is 7.21. The Morgan fingerprint density at radius 1 is 1.57 bits per heavy atom. The molecule has 2 unspecified atom stereocenters. The molecule has 2 N–H and O–H groups in total. The fourth-order valence-electron chi connectivity index (χ4n) is 2.89. The number of ether oxygens (including phenoxy) is 1. The molecular formula is C16H27BrN4O2. The lowest BCUT2D eigenvalue weighted by atomic mass is 9.97. The van der Waals surface area contributed by atoms with Gasteiger partial charge in [0.05, 0.1) is 22.4 Å². The molecule has 1 aliphatic heterocycles. The van der Waals surface area contributed by atoms with E-state index in [1.54, 1.807) is 11.1 Å². The van der Waals surface area contributed by atoms with E-state index in [-0.39, 0.29) is 18.1 Å². The highest BCUT2D eigenvalue weighted by atomic mass is 79.9. The fourth-order valence-corrected chi connectivity index (χ4v) is 3.45. The zero-order valence-corrected chi connectivity index (χ0v) is 16.0. The second-order valence-electron chi connectivity index (χ2n) is 7.10. The third-order valence-electron chi connectivity index (χ3n) is 3.97. The SMILES string of the molecule is CCCn1ncc(Br)c1C(N)C1CCN(C(=O)OC(C)(C)C)C1. The van der Waals surface area contributed by atoms with Crippen LogP contribution in [0.1, 0.15) is 52.3 Å². The molecule has 0 aromatic carbocycles. The lowest BCUT2D eigenvalue weighted by Gasteiger charge is -2.25.